The average Bonchev–Trinajstić information content (AvgIpc) is 2.93. The second-order valence-corrected chi connectivity index (χ2v) is 6.33. The molecule has 0 radical (unpaired) electrons. The van der Waals surface area contributed by atoms with E-state index in [-0.39, 0.29) is 5.91 Å². The van der Waals surface area contributed by atoms with Crippen molar-refractivity contribution >= 4 is 17.2 Å². The lowest BCUT2D eigenvalue weighted by molar-refractivity contribution is -0.118. The lowest BCUT2D eigenvalue weighted by atomic mass is 10.1. The topological polar surface area (TPSA) is 29.1 Å². The van der Waals surface area contributed by atoms with E-state index in [0.29, 0.717) is 0 Å². The number of rotatable bonds is 12. The molecule has 3 heteroatoms. The maximum absolute atomic E-state index is 10.7. The molecule has 1 rings (SSSR count). The third-order valence-electron chi connectivity index (χ3n) is 3.60. The van der Waals surface area contributed by atoms with Gasteiger partial charge in [0.1, 0.15) is 0 Å². The summed E-state index contributed by atoms with van der Waals surface area (Å²) >= 11 is 1.80. The van der Waals surface area contributed by atoms with Crippen LogP contribution in [0.5, 0.6) is 0 Å². The Labute approximate surface area is 128 Å². The second-order valence-electron chi connectivity index (χ2n) is 5.55. The Balaban J connectivity index is 1.73. The Kier molecular flexibility index (Phi) is 10.3. The summed E-state index contributed by atoms with van der Waals surface area (Å²) < 4.78 is 0. The zero-order valence-corrected chi connectivity index (χ0v) is 13.6. The van der Waals surface area contributed by atoms with Gasteiger partial charge in [-0.05, 0) is 41.7 Å². The van der Waals surface area contributed by atoms with Gasteiger partial charge in [-0.2, -0.15) is 11.3 Å². The highest BCUT2D eigenvalue weighted by Crippen LogP contribution is 2.13. The predicted octanol–water partition coefficient (Wildman–Crippen LogP) is 4.94. The molecule has 20 heavy (non-hydrogen) atoms. The number of nitrogens with one attached hydrogen (secondary N) is 1. The molecule has 0 atom stereocenters. The minimum Gasteiger partial charge on any atom is -0.356 e. The van der Waals surface area contributed by atoms with Crippen molar-refractivity contribution in [2.75, 3.05) is 6.54 Å². The van der Waals surface area contributed by atoms with E-state index in [0.717, 1.165) is 13.0 Å². The molecule has 0 spiro atoms. The first-order chi connectivity index (χ1) is 9.79. The molecule has 0 unspecified atom stereocenters. The number of carbonyl (C=O) groups is 1. The van der Waals surface area contributed by atoms with Crippen LogP contribution in [0.4, 0.5) is 0 Å². The highest BCUT2D eigenvalue weighted by atomic mass is 32.1. The number of thiophene rings is 1. The molecule has 0 saturated carbocycles. The Bertz CT molecular complexity index is 335. The van der Waals surface area contributed by atoms with Crippen LogP contribution in [0.15, 0.2) is 16.8 Å². The van der Waals surface area contributed by atoms with Crippen molar-refractivity contribution in [1.82, 2.24) is 5.32 Å². The summed E-state index contributed by atoms with van der Waals surface area (Å²) in [5.41, 5.74) is 1.51. The van der Waals surface area contributed by atoms with Crippen LogP contribution in [0.3, 0.4) is 0 Å². The number of amides is 1. The van der Waals surface area contributed by atoms with Crippen molar-refractivity contribution in [2.24, 2.45) is 0 Å². The number of aryl methyl sites for hydroxylation is 1. The van der Waals surface area contributed by atoms with E-state index >= 15 is 0 Å². The lowest BCUT2D eigenvalue weighted by Gasteiger charge is -2.03. The van der Waals surface area contributed by atoms with Crippen molar-refractivity contribution in [3.05, 3.63) is 22.4 Å². The molecular formula is C17H29NOS. The van der Waals surface area contributed by atoms with Gasteiger partial charge in [0.15, 0.2) is 0 Å². The van der Waals surface area contributed by atoms with Gasteiger partial charge in [-0.1, -0.05) is 44.9 Å². The predicted molar refractivity (Wildman–Crippen MR) is 88.3 cm³/mol. The molecule has 0 aliphatic rings. The van der Waals surface area contributed by atoms with Crippen LogP contribution >= 0.6 is 11.3 Å². The fraction of sp³-hybridized carbons (Fsp3) is 0.706. The van der Waals surface area contributed by atoms with Crippen molar-refractivity contribution in [2.45, 2.75) is 71.1 Å². The van der Waals surface area contributed by atoms with Crippen molar-refractivity contribution in [3.8, 4) is 0 Å². The third-order valence-corrected chi connectivity index (χ3v) is 4.33. The van der Waals surface area contributed by atoms with Crippen LogP contribution in [0.2, 0.25) is 0 Å². The first-order valence-electron chi connectivity index (χ1n) is 8.04. The van der Waals surface area contributed by atoms with Crippen LogP contribution in [0.25, 0.3) is 0 Å². The molecule has 1 heterocycles. The zero-order chi connectivity index (χ0) is 14.5. The van der Waals surface area contributed by atoms with Crippen LogP contribution < -0.4 is 5.32 Å². The summed E-state index contributed by atoms with van der Waals surface area (Å²) in [5, 5.41) is 7.28. The molecule has 1 amide bonds. The molecule has 1 N–H and O–H groups in total. The van der Waals surface area contributed by atoms with Gasteiger partial charge in [0.2, 0.25) is 5.91 Å². The van der Waals surface area contributed by atoms with E-state index in [1.165, 1.54) is 63.4 Å². The van der Waals surface area contributed by atoms with E-state index in [2.05, 4.69) is 22.1 Å². The van der Waals surface area contributed by atoms with Crippen molar-refractivity contribution in [1.29, 1.82) is 0 Å². The molecule has 1 aromatic rings. The van der Waals surface area contributed by atoms with Crippen LogP contribution in [0, 0.1) is 0 Å². The first kappa shape index (κ1) is 17.2. The summed E-state index contributed by atoms with van der Waals surface area (Å²) in [6.07, 6.45) is 13.2. The minimum absolute atomic E-state index is 0.0902. The molecule has 0 saturated heterocycles. The lowest BCUT2D eigenvalue weighted by Crippen LogP contribution is -2.20. The molecule has 0 aliphatic heterocycles. The second kappa shape index (κ2) is 12.0. The number of unbranched alkanes of at least 4 members (excludes halogenated alkanes) is 8. The summed E-state index contributed by atoms with van der Waals surface area (Å²) in [7, 11) is 0. The molecular weight excluding hydrogens is 266 g/mol. The quantitative estimate of drug-likeness (QED) is 0.544. The van der Waals surface area contributed by atoms with Gasteiger partial charge in [0.05, 0.1) is 0 Å². The van der Waals surface area contributed by atoms with Crippen LogP contribution in [0.1, 0.15) is 70.3 Å². The molecule has 0 fully saturated rings. The smallest absolute Gasteiger partial charge is 0.216 e. The van der Waals surface area contributed by atoms with Gasteiger partial charge in [0, 0.05) is 13.5 Å². The van der Waals surface area contributed by atoms with Gasteiger partial charge in [0.25, 0.3) is 0 Å². The van der Waals surface area contributed by atoms with E-state index < -0.39 is 0 Å². The minimum atomic E-state index is 0.0902. The number of hydrogen-bond acceptors (Lipinski definition) is 2. The van der Waals surface area contributed by atoms with Gasteiger partial charge in [-0.3, -0.25) is 4.79 Å². The monoisotopic (exact) mass is 295 g/mol. The standard InChI is InChI=1S/C17H29NOS/c1-16(19)18-13-10-8-6-4-2-3-5-7-9-11-17-12-14-20-15-17/h12,14-15H,2-11,13H2,1H3,(H,18,19). The Morgan fingerprint density at radius 3 is 2.15 bits per heavy atom. The average molecular weight is 295 g/mol. The highest BCUT2D eigenvalue weighted by molar-refractivity contribution is 7.07. The fourth-order valence-corrected chi connectivity index (χ4v) is 3.09. The van der Waals surface area contributed by atoms with Crippen LogP contribution in [-0.2, 0) is 11.2 Å². The number of carbonyl (C=O) groups excluding carboxylic acids is 1. The maximum Gasteiger partial charge on any atom is 0.216 e. The van der Waals surface area contributed by atoms with Crippen molar-refractivity contribution < 1.29 is 4.79 Å². The summed E-state index contributed by atoms with van der Waals surface area (Å²) in [5.74, 6) is 0.0902. The molecule has 0 aromatic carbocycles. The van der Waals surface area contributed by atoms with Gasteiger partial charge in [-0.25, -0.2) is 0 Å². The fourth-order valence-electron chi connectivity index (χ4n) is 2.39. The summed E-state index contributed by atoms with van der Waals surface area (Å²) in [4.78, 5) is 10.7. The SMILES string of the molecule is CC(=O)NCCCCCCCCCCCc1ccsc1. The molecule has 0 aliphatic carbocycles. The normalized spacial score (nSPS) is 10.7. The number of hydrogen-bond donors (Lipinski definition) is 1. The van der Waals surface area contributed by atoms with Crippen molar-refractivity contribution in [3.63, 3.8) is 0 Å². The maximum atomic E-state index is 10.7. The zero-order valence-electron chi connectivity index (χ0n) is 12.8. The van der Waals surface area contributed by atoms with E-state index in [1.807, 2.05) is 0 Å². The third kappa shape index (κ3) is 10.0. The highest BCUT2D eigenvalue weighted by Gasteiger charge is 1.95. The summed E-state index contributed by atoms with van der Waals surface area (Å²) in [6.45, 7) is 2.43. The largest absolute Gasteiger partial charge is 0.356 e. The molecule has 114 valence electrons. The van der Waals surface area contributed by atoms with Gasteiger partial charge < -0.3 is 5.32 Å². The van der Waals surface area contributed by atoms with Crippen LogP contribution in [-0.4, -0.2) is 12.5 Å². The molecule has 2 nitrogen and oxygen atoms in total. The first-order valence-corrected chi connectivity index (χ1v) is 8.99. The molecule has 0 bridgehead atoms. The Morgan fingerprint density at radius 2 is 1.60 bits per heavy atom. The Hall–Kier alpha value is -0.830. The van der Waals surface area contributed by atoms with E-state index in [1.54, 1.807) is 18.3 Å². The molecule has 1 aromatic heterocycles. The van der Waals surface area contributed by atoms with E-state index in [4.69, 9.17) is 0 Å². The van der Waals surface area contributed by atoms with Gasteiger partial charge >= 0.3 is 0 Å². The van der Waals surface area contributed by atoms with E-state index in [9.17, 15) is 4.79 Å². The Morgan fingerprint density at radius 1 is 1.00 bits per heavy atom. The summed E-state index contributed by atoms with van der Waals surface area (Å²) in [6, 6.07) is 2.24. The van der Waals surface area contributed by atoms with Gasteiger partial charge in [-0.15, -0.1) is 0 Å².